The average Bonchev–Trinajstić information content (AvgIpc) is 3.23. The number of benzene rings is 2. The maximum atomic E-state index is 12.2. The number of rotatable bonds is 3. The number of hydrogen-bond donors (Lipinski definition) is 1. The Hall–Kier alpha value is -3.80. The molecule has 0 spiro atoms. The Morgan fingerprint density at radius 2 is 1.90 bits per heavy atom. The first-order valence-corrected chi connectivity index (χ1v) is 9.57. The van der Waals surface area contributed by atoms with Crippen molar-refractivity contribution in [2.45, 2.75) is 20.4 Å². The van der Waals surface area contributed by atoms with Crippen LogP contribution in [0.1, 0.15) is 23.9 Å². The minimum atomic E-state index is -0.242. The summed E-state index contributed by atoms with van der Waals surface area (Å²) in [4.78, 5) is 16.8. The van der Waals surface area contributed by atoms with Crippen molar-refractivity contribution in [1.82, 2.24) is 9.55 Å². The second-order valence-corrected chi connectivity index (χ2v) is 6.98. The van der Waals surface area contributed by atoms with Gasteiger partial charge in [-0.3, -0.25) is 4.79 Å². The summed E-state index contributed by atoms with van der Waals surface area (Å²) >= 11 is 0. The van der Waals surface area contributed by atoms with Crippen molar-refractivity contribution in [2.75, 3.05) is 5.32 Å². The van der Waals surface area contributed by atoms with E-state index in [1.165, 1.54) is 10.9 Å². The molecule has 2 aromatic carbocycles. The van der Waals surface area contributed by atoms with Crippen molar-refractivity contribution in [1.29, 1.82) is 0 Å². The van der Waals surface area contributed by atoms with E-state index in [1.54, 1.807) is 6.21 Å². The molecule has 0 saturated heterocycles. The maximum Gasteiger partial charge on any atom is 0.276 e. The topological polar surface area (TPSA) is 71.6 Å². The number of carbonyl (C=O) groups is 1. The third-order valence-electron chi connectivity index (χ3n) is 5.25. The lowest BCUT2D eigenvalue weighted by Gasteiger charge is -2.05. The van der Waals surface area contributed by atoms with Gasteiger partial charge >= 0.3 is 0 Å². The number of fused-ring (bicyclic) bond motifs is 4. The highest BCUT2D eigenvalue weighted by molar-refractivity contribution is 6.53. The summed E-state index contributed by atoms with van der Waals surface area (Å²) in [6.07, 6.45) is 1.60. The molecular weight excluding hydrogens is 362 g/mol. The Labute approximate surface area is 167 Å². The molecule has 142 valence electrons. The Bertz CT molecular complexity index is 1350. The van der Waals surface area contributed by atoms with Crippen LogP contribution < -0.4 is 5.32 Å². The van der Waals surface area contributed by atoms with Crippen LogP contribution in [-0.2, 0) is 11.3 Å². The van der Waals surface area contributed by atoms with Gasteiger partial charge in [-0.15, -0.1) is 5.10 Å². The molecule has 0 saturated carbocycles. The lowest BCUT2D eigenvalue weighted by molar-refractivity contribution is -0.110. The van der Waals surface area contributed by atoms with Gasteiger partial charge in [0.05, 0.1) is 28.8 Å². The highest BCUT2D eigenvalue weighted by Crippen LogP contribution is 2.30. The van der Waals surface area contributed by atoms with Gasteiger partial charge in [-0.2, -0.15) is 5.10 Å². The molecule has 0 atom stereocenters. The van der Waals surface area contributed by atoms with Gasteiger partial charge in [0, 0.05) is 28.4 Å². The third-order valence-corrected chi connectivity index (χ3v) is 5.25. The summed E-state index contributed by atoms with van der Waals surface area (Å²) < 4.78 is 2.29. The first-order valence-electron chi connectivity index (χ1n) is 9.57. The summed E-state index contributed by atoms with van der Waals surface area (Å²) in [5.41, 5.74) is 5.83. The van der Waals surface area contributed by atoms with Gasteiger partial charge in [0.2, 0.25) is 0 Å². The molecule has 3 heterocycles. The van der Waals surface area contributed by atoms with E-state index in [0.717, 1.165) is 34.4 Å². The van der Waals surface area contributed by atoms with Crippen molar-refractivity contribution in [3.05, 3.63) is 71.5 Å². The predicted molar refractivity (Wildman–Crippen MR) is 117 cm³/mol. The first kappa shape index (κ1) is 17.3. The van der Waals surface area contributed by atoms with Crippen LogP contribution in [0.5, 0.6) is 0 Å². The van der Waals surface area contributed by atoms with Crippen LogP contribution in [0.4, 0.5) is 5.69 Å². The summed E-state index contributed by atoms with van der Waals surface area (Å²) in [5.74, 6) is -0.242. The second kappa shape index (κ2) is 6.67. The lowest BCUT2D eigenvalue weighted by atomic mass is 10.1. The predicted octanol–water partition coefficient (Wildman–Crippen LogP) is 4.29. The fourth-order valence-corrected chi connectivity index (χ4v) is 4.04. The molecule has 6 heteroatoms. The molecule has 1 aliphatic heterocycles. The van der Waals surface area contributed by atoms with E-state index in [1.807, 2.05) is 43.3 Å². The number of nitrogens with one attached hydrogen (secondary N) is 1. The van der Waals surface area contributed by atoms with Gasteiger partial charge in [0.25, 0.3) is 5.91 Å². The summed E-state index contributed by atoms with van der Waals surface area (Å²) in [7, 11) is 0. The molecule has 29 heavy (non-hydrogen) atoms. The second-order valence-electron chi connectivity index (χ2n) is 6.98. The van der Waals surface area contributed by atoms with Crippen LogP contribution in [0, 0.1) is 6.92 Å². The zero-order valence-corrected chi connectivity index (χ0v) is 16.2. The van der Waals surface area contributed by atoms with E-state index in [9.17, 15) is 4.79 Å². The summed E-state index contributed by atoms with van der Waals surface area (Å²) in [5, 5.41) is 13.5. The lowest BCUT2D eigenvalue weighted by Crippen LogP contribution is -2.13. The fraction of sp³-hybridized carbons (Fsp3) is 0.130. The zero-order chi connectivity index (χ0) is 20.0. The van der Waals surface area contributed by atoms with Crippen LogP contribution in [0.2, 0.25) is 0 Å². The molecule has 1 N–H and O–H groups in total. The van der Waals surface area contributed by atoms with E-state index in [4.69, 9.17) is 4.98 Å². The van der Waals surface area contributed by atoms with Gasteiger partial charge in [-0.25, -0.2) is 4.98 Å². The first-order chi connectivity index (χ1) is 14.2. The molecule has 0 bridgehead atoms. The molecule has 0 radical (unpaired) electrons. The number of anilines is 1. The Morgan fingerprint density at radius 1 is 1.10 bits per heavy atom. The fourth-order valence-electron chi connectivity index (χ4n) is 4.04. The smallest absolute Gasteiger partial charge is 0.276 e. The number of amides is 1. The van der Waals surface area contributed by atoms with Crippen LogP contribution in [0.15, 0.2) is 64.8 Å². The number of carbonyl (C=O) groups excluding carboxylic acids is 1. The monoisotopic (exact) mass is 381 g/mol. The summed E-state index contributed by atoms with van der Waals surface area (Å²) in [6.45, 7) is 5.03. The number of para-hydroxylation sites is 2. The van der Waals surface area contributed by atoms with Gasteiger partial charge in [-0.05, 0) is 32.0 Å². The number of nitrogens with zero attached hydrogens (tertiary/aromatic N) is 4. The van der Waals surface area contributed by atoms with E-state index in [-0.39, 0.29) is 5.91 Å². The maximum absolute atomic E-state index is 12.2. The molecule has 2 aromatic heterocycles. The summed E-state index contributed by atoms with van der Waals surface area (Å²) in [6, 6.07) is 17.9. The molecule has 0 aliphatic carbocycles. The number of pyridine rings is 1. The Kier molecular flexibility index (Phi) is 3.98. The van der Waals surface area contributed by atoms with Crippen LogP contribution in [0.3, 0.4) is 0 Å². The van der Waals surface area contributed by atoms with Crippen molar-refractivity contribution >= 4 is 45.3 Å². The molecule has 1 aliphatic rings. The molecule has 5 rings (SSSR count). The van der Waals surface area contributed by atoms with Crippen LogP contribution in [-0.4, -0.2) is 27.4 Å². The van der Waals surface area contributed by atoms with Crippen LogP contribution >= 0.6 is 0 Å². The number of aromatic nitrogens is 2. The standard InChI is InChI=1S/C23H19N5O/c1-3-28-20-11-7-5-8-16(20)18-12-15(25-14(2)22(18)28)13-24-27-21-17-9-4-6-10-19(17)26-23(21)29/h4-13H,3H2,1-2H3,(H,26,27,29)/b24-13+. The van der Waals surface area contributed by atoms with Gasteiger partial charge in [0.1, 0.15) is 0 Å². The molecule has 4 aromatic rings. The minimum Gasteiger partial charge on any atom is -0.339 e. The number of hydrogen-bond acceptors (Lipinski definition) is 4. The van der Waals surface area contributed by atoms with Gasteiger partial charge < -0.3 is 9.88 Å². The van der Waals surface area contributed by atoms with E-state index >= 15 is 0 Å². The SMILES string of the molecule is CCn1c2ccccc2c2cc(/C=N/N=C3C(=O)Nc4ccccc43)nc(C)c21. The van der Waals surface area contributed by atoms with Crippen molar-refractivity contribution in [3.63, 3.8) is 0 Å². The van der Waals surface area contributed by atoms with E-state index in [2.05, 4.69) is 45.2 Å². The molecule has 1 amide bonds. The highest BCUT2D eigenvalue weighted by Gasteiger charge is 2.25. The van der Waals surface area contributed by atoms with E-state index in [0.29, 0.717) is 11.4 Å². The quantitative estimate of drug-likeness (QED) is 0.425. The number of aryl methyl sites for hydroxylation is 2. The van der Waals surface area contributed by atoms with Gasteiger partial charge in [-0.1, -0.05) is 36.4 Å². The average molecular weight is 381 g/mol. The Balaban J connectivity index is 1.58. The van der Waals surface area contributed by atoms with Crippen LogP contribution in [0.25, 0.3) is 21.8 Å². The molecule has 0 unspecified atom stereocenters. The minimum absolute atomic E-state index is 0.242. The highest BCUT2D eigenvalue weighted by atomic mass is 16.2. The van der Waals surface area contributed by atoms with E-state index < -0.39 is 0 Å². The normalized spacial score (nSPS) is 15.0. The van der Waals surface area contributed by atoms with Crippen molar-refractivity contribution < 1.29 is 4.79 Å². The third kappa shape index (κ3) is 2.72. The molecule has 0 fully saturated rings. The van der Waals surface area contributed by atoms with Crippen molar-refractivity contribution in [3.8, 4) is 0 Å². The molecule has 6 nitrogen and oxygen atoms in total. The molecular formula is C23H19N5O. The zero-order valence-electron chi connectivity index (χ0n) is 16.2. The largest absolute Gasteiger partial charge is 0.339 e. The van der Waals surface area contributed by atoms with Gasteiger partial charge in [0.15, 0.2) is 5.71 Å². The Morgan fingerprint density at radius 3 is 2.76 bits per heavy atom. The van der Waals surface area contributed by atoms with Crippen molar-refractivity contribution in [2.24, 2.45) is 10.2 Å².